The number of fused-ring (bicyclic) bond motifs is 12. The average molecular weight is 1370 g/mol. The van der Waals surface area contributed by atoms with E-state index in [1.165, 1.54) is 67.6 Å². The zero-order valence-electron chi connectivity index (χ0n) is 51.0. The van der Waals surface area contributed by atoms with Crippen molar-refractivity contribution in [2.45, 2.75) is 26.2 Å². The predicted molar refractivity (Wildman–Crippen MR) is 383 cm³/mol. The van der Waals surface area contributed by atoms with Crippen molar-refractivity contribution >= 4 is 87.2 Å². The van der Waals surface area contributed by atoms with Gasteiger partial charge in [0.25, 0.3) is 0 Å². The van der Waals surface area contributed by atoms with Crippen LogP contribution in [0, 0.1) is 6.07 Å². The molecular weight excluding hydrogens is 1310 g/mol. The largest absolute Gasteiger partial charge is 0.309 e. The minimum atomic E-state index is 0. The smallest absolute Gasteiger partial charge is 0.237 e. The third kappa shape index (κ3) is 10.1. The fraction of sp³-hybridized carbons (Fsp3) is 0.0471. The Morgan fingerprint density at radius 3 is 1.18 bits per heavy atom. The third-order valence-electron chi connectivity index (χ3n) is 18.2. The van der Waals surface area contributed by atoms with Gasteiger partial charge in [0.2, 0.25) is 5.95 Å². The Balaban J connectivity index is 0.000000354. The van der Waals surface area contributed by atoms with Crippen LogP contribution < -0.4 is 0 Å². The zero-order valence-corrected chi connectivity index (χ0v) is 53.4. The Labute approximate surface area is 552 Å². The topological polar surface area (TPSA) is 58.4 Å². The molecule has 0 aliphatic heterocycles. The Hall–Kier alpha value is -11.3. The first-order valence-corrected chi connectivity index (χ1v) is 31.7. The molecule has 0 atom stereocenters. The molecule has 0 bridgehead atoms. The first-order valence-electron chi connectivity index (χ1n) is 31.7. The van der Waals surface area contributed by atoms with Crippen molar-refractivity contribution in [1.82, 2.24) is 33.2 Å². The van der Waals surface area contributed by atoms with Crippen LogP contribution in [0.2, 0.25) is 0 Å². The van der Waals surface area contributed by atoms with Crippen molar-refractivity contribution in [3.8, 4) is 67.9 Å². The van der Waals surface area contributed by atoms with Gasteiger partial charge in [-0.2, -0.15) is 4.98 Å². The van der Waals surface area contributed by atoms with Crippen LogP contribution in [0.5, 0.6) is 0 Å². The normalized spacial score (nSPS) is 11.5. The van der Waals surface area contributed by atoms with Crippen LogP contribution in [0.1, 0.15) is 25.3 Å². The van der Waals surface area contributed by atoms with Crippen molar-refractivity contribution in [2.75, 3.05) is 0 Å². The van der Waals surface area contributed by atoms with Crippen LogP contribution >= 0.6 is 0 Å². The molecule has 0 saturated heterocycles. The first-order chi connectivity index (χ1) is 45.6. The van der Waals surface area contributed by atoms with Crippen molar-refractivity contribution in [2.24, 2.45) is 0 Å². The second-order valence-corrected chi connectivity index (χ2v) is 23.7. The minimum absolute atomic E-state index is 0. The van der Waals surface area contributed by atoms with Gasteiger partial charge in [0.05, 0.1) is 49.8 Å². The summed E-state index contributed by atoms with van der Waals surface area (Å²) in [5.41, 5.74) is 21.2. The Kier molecular flexibility index (Phi) is 14.8. The van der Waals surface area contributed by atoms with Gasteiger partial charge in [-0.05, 0) is 131 Å². The number of unbranched alkanes of at least 4 members (excludes halogenated alkanes) is 1. The van der Waals surface area contributed by atoms with E-state index in [0.717, 1.165) is 106 Å². The molecule has 6 aromatic heterocycles. The Morgan fingerprint density at radius 2 is 0.731 bits per heavy atom. The van der Waals surface area contributed by atoms with Crippen LogP contribution in [-0.4, -0.2) is 33.2 Å². The van der Waals surface area contributed by atoms with Gasteiger partial charge in [-0.25, -0.2) is 4.98 Å². The summed E-state index contributed by atoms with van der Waals surface area (Å²) in [6, 6.07) is 112. The summed E-state index contributed by atoms with van der Waals surface area (Å²) in [5, 5.41) is 9.53. The maximum absolute atomic E-state index is 5.60. The van der Waals surface area contributed by atoms with Gasteiger partial charge >= 0.3 is 0 Å². The molecule has 445 valence electrons. The monoisotopic (exact) mass is 1370 g/mol. The molecule has 0 N–H and O–H groups in total. The number of hydrogen-bond donors (Lipinski definition) is 0. The van der Waals surface area contributed by atoms with E-state index in [2.05, 4.69) is 321 Å². The van der Waals surface area contributed by atoms with Gasteiger partial charge in [-0.15, -0.1) is 35.4 Å². The molecule has 0 aliphatic carbocycles. The first kappa shape index (κ1) is 56.9. The summed E-state index contributed by atoms with van der Waals surface area (Å²) in [6.45, 7) is 2.21. The maximum atomic E-state index is 5.60. The maximum Gasteiger partial charge on any atom is 0.237 e. The second-order valence-electron chi connectivity index (χ2n) is 23.7. The van der Waals surface area contributed by atoms with Gasteiger partial charge in [-0.1, -0.05) is 202 Å². The molecule has 0 fully saturated rings. The summed E-state index contributed by atoms with van der Waals surface area (Å²) >= 11 is 0. The Bertz CT molecular complexity index is 5500. The minimum Gasteiger partial charge on any atom is -0.309 e. The number of aryl methyl sites for hydroxylation is 1. The number of benzene rings is 12. The number of nitrogens with zero attached hydrogens (tertiary/aromatic N) is 7. The molecule has 0 unspecified atom stereocenters. The molecular formula is C85H60IrN7-. The molecule has 8 heteroatoms. The molecule has 0 saturated carbocycles. The predicted octanol–water partition coefficient (Wildman–Crippen LogP) is 21.8. The zero-order chi connectivity index (χ0) is 61.1. The third-order valence-corrected chi connectivity index (χ3v) is 18.2. The SMILES string of the molecule is CCCCc1c[c-]c(-c2ccccn2)cc1.[Ir].c1ccc(-c2cc(-n3c4ccccc4c4cc(-c5ccc6c(c5)c5ccccc5n6-c5ccccc5)ccc43)nc(-n3c4ccccc4c4cc(-c5ccc6c(c5)c5ccccc5n6-c5ccccc5)ccc43)n2)cc1. The van der Waals surface area contributed by atoms with Crippen molar-refractivity contribution in [1.29, 1.82) is 0 Å². The van der Waals surface area contributed by atoms with Gasteiger partial charge in [0.15, 0.2) is 0 Å². The fourth-order valence-electron chi connectivity index (χ4n) is 13.9. The molecule has 93 heavy (non-hydrogen) atoms. The Morgan fingerprint density at radius 1 is 0.323 bits per heavy atom. The van der Waals surface area contributed by atoms with E-state index in [1.54, 1.807) is 0 Å². The van der Waals surface area contributed by atoms with E-state index in [1.807, 2.05) is 24.4 Å². The fourth-order valence-corrected chi connectivity index (χ4v) is 13.9. The number of hydrogen-bond acceptors (Lipinski definition) is 3. The van der Waals surface area contributed by atoms with Crippen molar-refractivity contribution < 1.29 is 20.1 Å². The summed E-state index contributed by atoms with van der Waals surface area (Å²) in [5.74, 6) is 1.40. The van der Waals surface area contributed by atoms with Gasteiger partial charge < -0.3 is 14.1 Å². The van der Waals surface area contributed by atoms with Gasteiger partial charge in [0, 0.05) is 92.4 Å². The molecule has 0 aliphatic rings. The van der Waals surface area contributed by atoms with E-state index in [9.17, 15) is 0 Å². The van der Waals surface area contributed by atoms with E-state index in [-0.39, 0.29) is 20.1 Å². The van der Waals surface area contributed by atoms with E-state index in [4.69, 9.17) is 9.97 Å². The summed E-state index contributed by atoms with van der Waals surface area (Å²) in [4.78, 5) is 15.3. The van der Waals surface area contributed by atoms with Crippen LogP contribution in [-0.2, 0) is 26.5 Å². The number of para-hydroxylation sites is 6. The standard InChI is InChI=1S/C70H44N6.C15H16N.Ir/c1-4-18-45(19-5-1)60-44-69(75-63-30-16-12-26-54(63)58-42-48(34-38-67(58)75)46-32-36-65-56(40-46)52-24-10-14-28-61(52)73(65)50-20-6-2-7-21-50)72-70(71-60)76-64-31-17-13-27-55(64)59-43-49(35-39-68(59)76)47-33-37-66-57(41-47)53-25-11-15-29-62(53)74(66)51-22-8-3-9-23-51;1-2-3-6-13-8-10-14(11-9-13)15-7-4-5-12-16-15;/h1-44H;4-5,7-10,12H,2-3,6H2,1H3;/q;-1;. The van der Waals surface area contributed by atoms with Crippen LogP contribution in [0.25, 0.3) is 155 Å². The number of rotatable bonds is 11. The average Bonchev–Trinajstić information content (AvgIpc) is 1.60. The molecule has 6 heterocycles. The second kappa shape index (κ2) is 24.2. The molecule has 0 amide bonds. The van der Waals surface area contributed by atoms with E-state index < -0.39 is 0 Å². The molecule has 7 nitrogen and oxygen atoms in total. The number of pyridine rings is 1. The molecule has 0 spiro atoms. The van der Waals surface area contributed by atoms with E-state index >= 15 is 0 Å². The molecule has 18 rings (SSSR count). The van der Waals surface area contributed by atoms with Crippen molar-refractivity contribution in [3.05, 3.63) is 321 Å². The number of aromatic nitrogens is 7. The van der Waals surface area contributed by atoms with Crippen LogP contribution in [0.15, 0.2) is 310 Å². The van der Waals surface area contributed by atoms with Crippen molar-refractivity contribution in [3.63, 3.8) is 0 Å². The van der Waals surface area contributed by atoms with Crippen LogP contribution in [0.4, 0.5) is 0 Å². The van der Waals surface area contributed by atoms with Crippen LogP contribution in [0.3, 0.4) is 0 Å². The quantitative estimate of drug-likeness (QED) is 0.121. The van der Waals surface area contributed by atoms with Gasteiger partial charge in [0.1, 0.15) is 5.82 Å². The molecule has 1 radical (unpaired) electrons. The van der Waals surface area contributed by atoms with E-state index in [0.29, 0.717) is 5.95 Å². The summed E-state index contributed by atoms with van der Waals surface area (Å²) in [7, 11) is 0. The molecule has 12 aromatic carbocycles. The summed E-state index contributed by atoms with van der Waals surface area (Å²) in [6.07, 6.45) is 5.45. The summed E-state index contributed by atoms with van der Waals surface area (Å²) < 4.78 is 9.31. The molecule has 18 aromatic rings. The van der Waals surface area contributed by atoms with Gasteiger partial charge in [-0.3, -0.25) is 9.13 Å².